The second-order valence-corrected chi connectivity index (χ2v) is 5.04. The molecule has 0 amide bonds. The van der Waals surface area contributed by atoms with E-state index in [4.69, 9.17) is 5.11 Å². The zero-order chi connectivity index (χ0) is 14.2. The number of aliphatic hydroxyl groups excluding tert-OH is 1. The molecule has 2 rings (SSSR count). The summed E-state index contributed by atoms with van der Waals surface area (Å²) in [7, 11) is 0. The summed E-state index contributed by atoms with van der Waals surface area (Å²) < 4.78 is 2.14. The second kappa shape index (κ2) is 5.05. The van der Waals surface area contributed by atoms with Gasteiger partial charge in [0.2, 0.25) is 0 Å². The van der Waals surface area contributed by atoms with Gasteiger partial charge in [0, 0.05) is 23.1 Å². The number of carboxylic acid groups (broad SMARTS) is 1. The molecule has 1 atom stereocenters. The monoisotopic (exact) mass is 261 g/mol. The highest BCUT2D eigenvalue weighted by Crippen LogP contribution is 2.26. The van der Waals surface area contributed by atoms with Crippen LogP contribution in [0, 0.1) is 13.8 Å². The Balaban J connectivity index is 2.53. The van der Waals surface area contributed by atoms with Crippen LogP contribution in [-0.4, -0.2) is 26.9 Å². The number of fused-ring (bicyclic) bond motifs is 1. The molecular weight excluding hydrogens is 242 g/mol. The number of rotatable bonds is 4. The first-order valence-electron chi connectivity index (χ1n) is 6.42. The summed E-state index contributed by atoms with van der Waals surface area (Å²) in [6.07, 6.45) is 0.348. The fourth-order valence-electron chi connectivity index (χ4n) is 2.39. The van der Waals surface area contributed by atoms with E-state index in [1.807, 2.05) is 19.9 Å². The van der Waals surface area contributed by atoms with Crippen LogP contribution in [0.4, 0.5) is 0 Å². The van der Waals surface area contributed by atoms with Crippen molar-refractivity contribution in [3.8, 4) is 0 Å². The summed E-state index contributed by atoms with van der Waals surface area (Å²) in [4.78, 5) is 11.0. The molecule has 1 aromatic heterocycles. The van der Waals surface area contributed by atoms with Crippen LogP contribution in [0.1, 0.15) is 35.0 Å². The van der Waals surface area contributed by atoms with Gasteiger partial charge in [0.1, 0.15) is 0 Å². The summed E-state index contributed by atoms with van der Waals surface area (Å²) in [6.45, 7) is 6.54. The van der Waals surface area contributed by atoms with E-state index in [0.717, 1.165) is 28.7 Å². The van der Waals surface area contributed by atoms with Crippen molar-refractivity contribution in [1.82, 2.24) is 4.57 Å². The number of aliphatic hydroxyl groups is 1. The minimum Gasteiger partial charge on any atom is -0.478 e. The molecule has 0 radical (unpaired) electrons. The lowest BCUT2D eigenvalue weighted by molar-refractivity contribution is 0.0697. The largest absolute Gasteiger partial charge is 0.478 e. The van der Waals surface area contributed by atoms with Gasteiger partial charge in [0.15, 0.2) is 0 Å². The highest BCUT2D eigenvalue weighted by atomic mass is 16.4. The molecular formula is C15H19NO3. The predicted molar refractivity (Wildman–Crippen MR) is 74.7 cm³/mol. The standard InChI is InChI=1S/C15H19NO3/c1-9(17)6-7-16-11(3)10(2)13-8-12(15(18)19)4-5-14(13)16/h4-5,8-9,17H,6-7H2,1-3H3,(H,18,19). The maximum absolute atomic E-state index is 11.0. The van der Waals surface area contributed by atoms with Gasteiger partial charge in [-0.15, -0.1) is 0 Å². The van der Waals surface area contributed by atoms with Gasteiger partial charge >= 0.3 is 5.97 Å². The Kier molecular flexibility index (Phi) is 3.62. The smallest absolute Gasteiger partial charge is 0.335 e. The van der Waals surface area contributed by atoms with Crippen molar-refractivity contribution in [3.05, 3.63) is 35.0 Å². The number of aryl methyl sites for hydroxylation is 2. The number of carbonyl (C=O) groups is 1. The first-order chi connectivity index (χ1) is 8.91. The number of hydrogen-bond donors (Lipinski definition) is 2. The molecule has 2 aromatic rings. The fourth-order valence-corrected chi connectivity index (χ4v) is 2.39. The Bertz CT molecular complexity index is 626. The lowest BCUT2D eigenvalue weighted by Gasteiger charge is -2.10. The van der Waals surface area contributed by atoms with Crippen LogP contribution >= 0.6 is 0 Å². The van der Waals surface area contributed by atoms with Crippen LogP contribution in [0.2, 0.25) is 0 Å². The molecule has 1 unspecified atom stereocenters. The van der Waals surface area contributed by atoms with E-state index in [1.165, 1.54) is 0 Å². The molecule has 102 valence electrons. The van der Waals surface area contributed by atoms with Crippen LogP contribution in [-0.2, 0) is 6.54 Å². The normalized spacial score (nSPS) is 12.8. The maximum Gasteiger partial charge on any atom is 0.335 e. The number of aromatic carboxylic acids is 1. The van der Waals surface area contributed by atoms with Crippen molar-refractivity contribution in [2.45, 2.75) is 39.8 Å². The number of hydrogen-bond acceptors (Lipinski definition) is 2. The zero-order valence-electron chi connectivity index (χ0n) is 11.5. The van der Waals surface area contributed by atoms with Crippen molar-refractivity contribution < 1.29 is 15.0 Å². The van der Waals surface area contributed by atoms with Gasteiger partial charge in [-0.2, -0.15) is 0 Å². The van der Waals surface area contributed by atoms with Crippen LogP contribution in [0.5, 0.6) is 0 Å². The average molecular weight is 261 g/mol. The Labute approximate surface area is 112 Å². The fraction of sp³-hybridized carbons (Fsp3) is 0.400. The van der Waals surface area contributed by atoms with Gasteiger partial charge in [-0.3, -0.25) is 0 Å². The number of benzene rings is 1. The maximum atomic E-state index is 11.0. The highest BCUT2D eigenvalue weighted by Gasteiger charge is 2.13. The minimum absolute atomic E-state index is 0.309. The molecule has 0 bridgehead atoms. The van der Waals surface area contributed by atoms with Crippen LogP contribution in [0.3, 0.4) is 0 Å². The number of nitrogens with zero attached hydrogens (tertiary/aromatic N) is 1. The van der Waals surface area contributed by atoms with E-state index >= 15 is 0 Å². The third kappa shape index (κ3) is 2.49. The van der Waals surface area contributed by atoms with Gasteiger partial charge < -0.3 is 14.8 Å². The third-order valence-corrected chi connectivity index (χ3v) is 3.66. The van der Waals surface area contributed by atoms with E-state index in [-0.39, 0.29) is 6.10 Å². The molecule has 1 heterocycles. The van der Waals surface area contributed by atoms with Crippen LogP contribution in [0.15, 0.2) is 18.2 Å². The molecule has 19 heavy (non-hydrogen) atoms. The SMILES string of the molecule is Cc1c(C)n(CCC(C)O)c2ccc(C(=O)O)cc12. The molecule has 2 N–H and O–H groups in total. The summed E-state index contributed by atoms with van der Waals surface area (Å²) in [5, 5.41) is 19.4. The Morgan fingerprint density at radius 3 is 2.63 bits per heavy atom. The van der Waals surface area contributed by atoms with E-state index in [9.17, 15) is 9.90 Å². The molecule has 0 aliphatic heterocycles. The van der Waals surface area contributed by atoms with Gasteiger partial charge in [-0.1, -0.05) is 0 Å². The first-order valence-corrected chi connectivity index (χ1v) is 6.42. The summed E-state index contributed by atoms with van der Waals surface area (Å²) in [6, 6.07) is 5.20. The number of aromatic nitrogens is 1. The lowest BCUT2D eigenvalue weighted by Crippen LogP contribution is -2.08. The molecule has 0 fully saturated rings. The molecule has 0 saturated carbocycles. The molecule has 4 heteroatoms. The van der Waals surface area contributed by atoms with Crippen molar-refractivity contribution in [3.63, 3.8) is 0 Å². The first kappa shape index (κ1) is 13.6. The lowest BCUT2D eigenvalue weighted by atomic mass is 10.1. The highest BCUT2D eigenvalue weighted by molar-refractivity contribution is 5.95. The Hall–Kier alpha value is -1.81. The molecule has 0 aliphatic rings. The predicted octanol–water partition coefficient (Wildman–Crippen LogP) is 2.73. The quantitative estimate of drug-likeness (QED) is 0.889. The zero-order valence-corrected chi connectivity index (χ0v) is 11.5. The van der Waals surface area contributed by atoms with Gasteiger partial charge in [0.05, 0.1) is 11.7 Å². The van der Waals surface area contributed by atoms with Crippen molar-refractivity contribution >= 4 is 16.9 Å². The van der Waals surface area contributed by atoms with E-state index in [2.05, 4.69) is 4.57 Å². The average Bonchev–Trinajstić information content (AvgIpc) is 2.59. The van der Waals surface area contributed by atoms with Crippen LogP contribution < -0.4 is 0 Å². The minimum atomic E-state index is -0.907. The summed E-state index contributed by atoms with van der Waals surface area (Å²) >= 11 is 0. The molecule has 1 aromatic carbocycles. The second-order valence-electron chi connectivity index (χ2n) is 5.04. The van der Waals surface area contributed by atoms with E-state index in [1.54, 1.807) is 19.1 Å². The Morgan fingerprint density at radius 1 is 1.37 bits per heavy atom. The molecule has 4 nitrogen and oxygen atoms in total. The van der Waals surface area contributed by atoms with Crippen molar-refractivity contribution in [2.75, 3.05) is 0 Å². The van der Waals surface area contributed by atoms with Gasteiger partial charge in [-0.25, -0.2) is 4.79 Å². The molecule has 0 spiro atoms. The molecule has 0 aliphatic carbocycles. The molecule has 0 saturated heterocycles. The van der Waals surface area contributed by atoms with E-state index in [0.29, 0.717) is 12.0 Å². The van der Waals surface area contributed by atoms with Crippen LogP contribution in [0.25, 0.3) is 10.9 Å². The van der Waals surface area contributed by atoms with E-state index < -0.39 is 5.97 Å². The summed E-state index contributed by atoms with van der Waals surface area (Å²) in [5.74, 6) is -0.907. The number of carboxylic acids is 1. The summed E-state index contributed by atoms with van der Waals surface area (Å²) in [5.41, 5.74) is 3.56. The van der Waals surface area contributed by atoms with Crippen molar-refractivity contribution in [2.24, 2.45) is 0 Å². The Morgan fingerprint density at radius 2 is 2.05 bits per heavy atom. The van der Waals surface area contributed by atoms with Gasteiger partial charge in [-0.05, 0) is 51.0 Å². The van der Waals surface area contributed by atoms with Crippen molar-refractivity contribution in [1.29, 1.82) is 0 Å². The third-order valence-electron chi connectivity index (χ3n) is 3.66. The van der Waals surface area contributed by atoms with Gasteiger partial charge in [0.25, 0.3) is 0 Å². The topological polar surface area (TPSA) is 62.5 Å².